The van der Waals surface area contributed by atoms with E-state index in [1.54, 1.807) is 7.11 Å². The van der Waals surface area contributed by atoms with E-state index in [9.17, 15) is 0 Å². The lowest BCUT2D eigenvalue weighted by Gasteiger charge is -2.29. The van der Waals surface area contributed by atoms with Gasteiger partial charge < -0.3 is 19.9 Å². The molecule has 88 valence electrons. The molecule has 0 radical (unpaired) electrons. The van der Waals surface area contributed by atoms with Crippen molar-refractivity contribution < 1.29 is 14.2 Å². The molecule has 0 aliphatic carbocycles. The largest absolute Gasteiger partial charge is 0.497 e. The Morgan fingerprint density at radius 3 is 2.56 bits per heavy atom. The van der Waals surface area contributed by atoms with Gasteiger partial charge in [-0.25, -0.2) is 0 Å². The second-order valence-electron chi connectivity index (χ2n) is 3.86. The molecule has 0 aromatic heterocycles. The van der Waals surface area contributed by atoms with Crippen LogP contribution in [0.5, 0.6) is 11.5 Å². The van der Waals surface area contributed by atoms with Crippen molar-refractivity contribution in [3.8, 4) is 11.5 Å². The predicted octanol–water partition coefficient (Wildman–Crippen LogP) is 1.19. The van der Waals surface area contributed by atoms with Crippen LogP contribution in [0.2, 0.25) is 0 Å². The molecule has 4 heteroatoms. The Labute approximate surface area is 95.3 Å². The average Bonchev–Trinajstić information content (AvgIpc) is 2.33. The monoisotopic (exact) mass is 223 g/mol. The van der Waals surface area contributed by atoms with Crippen LogP contribution in [-0.2, 0) is 4.74 Å². The van der Waals surface area contributed by atoms with Gasteiger partial charge >= 0.3 is 0 Å². The van der Waals surface area contributed by atoms with Crippen molar-refractivity contribution in [2.24, 2.45) is 5.73 Å². The zero-order valence-electron chi connectivity index (χ0n) is 9.39. The number of ether oxygens (including phenoxy) is 3. The Bertz CT molecular complexity index is 326. The molecule has 0 amide bonds. The second-order valence-corrected chi connectivity index (χ2v) is 3.86. The summed E-state index contributed by atoms with van der Waals surface area (Å²) in [5.74, 6) is 1.61. The summed E-state index contributed by atoms with van der Waals surface area (Å²) in [7, 11) is 1.64. The summed E-state index contributed by atoms with van der Waals surface area (Å²) in [6.07, 6.45) is 0.794. The van der Waals surface area contributed by atoms with Crippen molar-refractivity contribution in [1.29, 1.82) is 0 Å². The summed E-state index contributed by atoms with van der Waals surface area (Å²) in [5.41, 5.74) is 5.95. The summed E-state index contributed by atoms with van der Waals surface area (Å²) in [5, 5.41) is 0. The first-order valence-electron chi connectivity index (χ1n) is 5.43. The smallest absolute Gasteiger partial charge is 0.137 e. The Kier molecular flexibility index (Phi) is 3.64. The Morgan fingerprint density at radius 1 is 1.25 bits per heavy atom. The van der Waals surface area contributed by atoms with Gasteiger partial charge in [-0.05, 0) is 30.7 Å². The number of methoxy groups -OCH3 is 1. The lowest BCUT2D eigenvalue weighted by Crippen LogP contribution is -2.46. The van der Waals surface area contributed by atoms with Gasteiger partial charge in [0.05, 0.1) is 13.7 Å². The zero-order chi connectivity index (χ0) is 11.4. The standard InChI is InChI=1S/C12H17NO3/c1-14-9-2-4-10(5-3-9)16-12-8-15-7-6-11(12)13/h2-5,11-12H,6-8,13H2,1H3. The molecule has 2 atom stereocenters. The van der Waals surface area contributed by atoms with Gasteiger partial charge in [-0.3, -0.25) is 0 Å². The van der Waals surface area contributed by atoms with Gasteiger partial charge in [-0.1, -0.05) is 0 Å². The van der Waals surface area contributed by atoms with E-state index in [1.807, 2.05) is 24.3 Å². The summed E-state index contributed by atoms with van der Waals surface area (Å²) in [4.78, 5) is 0. The molecule has 1 aliphatic rings. The third-order valence-corrected chi connectivity index (χ3v) is 2.70. The van der Waals surface area contributed by atoms with Crippen LogP contribution in [0.3, 0.4) is 0 Å². The minimum absolute atomic E-state index is 0.0517. The molecule has 1 fully saturated rings. The van der Waals surface area contributed by atoms with Gasteiger partial charge in [0.15, 0.2) is 0 Å². The van der Waals surface area contributed by atoms with Crippen molar-refractivity contribution in [2.45, 2.75) is 18.6 Å². The molecule has 0 bridgehead atoms. The van der Waals surface area contributed by atoms with E-state index < -0.39 is 0 Å². The van der Waals surface area contributed by atoms with Crippen molar-refractivity contribution in [1.82, 2.24) is 0 Å². The molecular weight excluding hydrogens is 206 g/mol. The number of hydrogen-bond donors (Lipinski definition) is 1. The predicted molar refractivity (Wildman–Crippen MR) is 60.8 cm³/mol. The van der Waals surface area contributed by atoms with Crippen LogP contribution in [0.15, 0.2) is 24.3 Å². The van der Waals surface area contributed by atoms with Crippen LogP contribution >= 0.6 is 0 Å². The molecule has 1 aromatic carbocycles. The Balaban J connectivity index is 1.96. The van der Waals surface area contributed by atoms with Crippen LogP contribution in [0.4, 0.5) is 0 Å². The van der Waals surface area contributed by atoms with Crippen molar-refractivity contribution in [3.63, 3.8) is 0 Å². The molecule has 1 aliphatic heterocycles. The van der Waals surface area contributed by atoms with Gasteiger partial charge in [0.25, 0.3) is 0 Å². The van der Waals surface area contributed by atoms with Crippen LogP contribution in [-0.4, -0.2) is 32.5 Å². The minimum atomic E-state index is -0.0536. The highest BCUT2D eigenvalue weighted by Gasteiger charge is 2.23. The number of benzene rings is 1. The maximum atomic E-state index is 5.95. The Hall–Kier alpha value is -1.26. The fraction of sp³-hybridized carbons (Fsp3) is 0.500. The molecule has 1 saturated heterocycles. The van der Waals surface area contributed by atoms with E-state index in [4.69, 9.17) is 19.9 Å². The molecule has 1 aromatic rings. The molecule has 1 heterocycles. The maximum Gasteiger partial charge on any atom is 0.137 e. The van der Waals surface area contributed by atoms with Gasteiger partial charge in [0.2, 0.25) is 0 Å². The van der Waals surface area contributed by atoms with Crippen LogP contribution < -0.4 is 15.2 Å². The fourth-order valence-corrected chi connectivity index (χ4v) is 1.68. The third kappa shape index (κ3) is 2.65. The number of hydrogen-bond acceptors (Lipinski definition) is 4. The number of nitrogens with two attached hydrogens (primary N) is 1. The molecule has 0 saturated carbocycles. The number of rotatable bonds is 3. The van der Waals surface area contributed by atoms with E-state index in [2.05, 4.69) is 0 Å². The highest BCUT2D eigenvalue weighted by atomic mass is 16.5. The summed E-state index contributed by atoms with van der Waals surface area (Å²) in [6, 6.07) is 7.53. The minimum Gasteiger partial charge on any atom is -0.497 e. The molecule has 2 unspecified atom stereocenters. The van der Waals surface area contributed by atoms with Gasteiger partial charge in [0.1, 0.15) is 17.6 Å². The molecule has 16 heavy (non-hydrogen) atoms. The zero-order valence-corrected chi connectivity index (χ0v) is 9.39. The third-order valence-electron chi connectivity index (χ3n) is 2.70. The van der Waals surface area contributed by atoms with Gasteiger partial charge in [0, 0.05) is 12.6 Å². The van der Waals surface area contributed by atoms with E-state index in [0.29, 0.717) is 6.61 Å². The molecule has 2 rings (SSSR count). The fourth-order valence-electron chi connectivity index (χ4n) is 1.68. The lowest BCUT2D eigenvalue weighted by molar-refractivity contribution is -0.00532. The second kappa shape index (κ2) is 5.18. The van der Waals surface area contributed by atoms with Crippen LogP contribution in [0.1, 0.15) is 6.42 Å². The summed E-state index contributed by atoms with van der Waals surface area (Å²) < 4.78 is 16.2. The highest BCUT2D eigenvalue weighted by Crippen LogP contribution is 2.20. The quantitative estimate of drug-likeness (QED) is 0.836. The van der Waals surface area contributed by atoms with E-state index >= 15 is 0 Å². The molecule has 4 nitrogen and oxygen atoms in total. The summed E-state index contributed by atoms with van der Waals surface area (Å²) >= 11 is 0. The van der Waals surface area contributed by atoms with Gasteiger partial charge in [-0.2, -0.15) is 0 Å². The molecule has 0 spiro atoms. The first-order valence-corrected chi connectivity index (χ1v) is 5.43. The average molecular weight is 223 g/mol. The summed E-state index contributed by atoms with van der Waals surface area (Å²) in [6.45, 7) is 1.29. The normalized spacial score (nSPS) is 25.1. The van der Waals surface area contributed by atoms with E-state index in [0.717, 1.165) is 24.5 Å². The molecule has 2 N–H and O–H groups in total. The maximum absolute atomic E-state index is 5.95. The molecular formula is C12H17NO3. The van der Waals surface area contributed by atoms with E-state index in [-0.39, 0.29) is 12.1 Å². The van der Waals surface area contributed by atoms with Crippen molar-refractivity contribution in [2.75, 3.05) is 20.3 Å². The van der Waals surface area contributed by atoms with E-state index in [1.165, 1.54) is 0 Å². The lowest BCUT2D eigenvalue weighted by atomic mass is 10.1. The van der Waals surface area contributed by atoms with Crippen LogP contribution in [0, 0.1) is 0 Å². The first-order chi connectivity index (χ1) is 7.79. The van der Waals surface area contributed by atoms with Crippen LogP contribution in [0.25, 0.3) is 0 Å². The SMILES string of the molecule is COc1ccc(OC2COCCC2N)cc1. The topological polar surface area (TPSA) is 53.7 Å². The highest BCUT2D eigenvalue weighted by molar-refractivity contribution is 5.31. The van der Waals surface area contributed by atoms with Crippen molar-refractivity contribution >= 4 is 0 Å². The van der Waals surface area contributed by atoms with Gasteiger partial charge in [-0.15, -0.1) is 0 Å². The Morgan fingerprint density at radius 2 is 1.94 bits per heavy atom. The first kappa shape index (κ1) is 11.2. The van der Waals surface area contributed by atoms with Crippen molar-refractivity contribution in [3.05, 3.63) is 24.3 Å².